The Kier molecular flexibility index (Phi) is 6.59. The van der Waals surface area contributed by atoms with Crippen molar-refractivity contribution in [2.75, 3.05) is 11.1 Å². The van der Waals surface area contributed by atoms with E-state index in [9.17, 15) is 4.79 Å². The van der Waals surface area contributed by atoms with Crippen LogP contribution in [0.25, 0.3) is 33.3 Å². The zero-order chi connectivity index (χ0) is 23.2. The Bertz CT molecular complexity index is 1420. The molecule has 0 radical (unpaired) electrons. The van der Waals surface area contributed by atoms with Crippen molar-refractivity contribution in [2.24, 2.45) is 0 Å². The molecule has 0 aliphatic rings. The molecule has 5 rings (SSSR count). The van der Waals surface area contributed by atoms with Gasteiger partial charge in [-0.05, 0) is 11.5 Å². The van der Waals surface area contributed by atoms with Crippen molar-refractivity contribution in [1.29, 1.82) is 0 Å². The average Bonchev–Trinajstić information content (AvgIpc) is 2.90. The number of hydrogen-bond acceptors (Lipinski definition) is 5. The second-order valence-corrected chi connectivity index (χ2v) is 8.76. The standard InChI is InChI=1S/C28H22N4OS/c33-25(29-24-17-9-15-20-10-7-8-16-23(20)24)18-19-34-28-30-26(21-11-3-1-4-12-21)27(31-32-28)22-13-5-2-6-14-22/h1-17H,18-19H2,(H,29,33). The third kappa shape index (κ3) is 4.97. The van der Waals surface area contributed by atoms with Crippen LogP contribution >= 0.6 is 11.8 Å². The van der Waals surface area contributed by atoms with E-state index in [1.807, 2.05) is 103 Å². The molecule has 1 heterocycles. The van der Waals surface area contributed by atoms with Crippen LogP contribution in [-0.4, -0.2) is 26.8 Å². The molecule has 0 aliphatic carbocycles. The molecule has 1 N–H and O–H groups in total. The van der Waals surface area contributed by atoms with Gasteiger partial charge < -0.3 is 5.32 Å². The maximum atomic E-state index is 12.6. The molecule has 1 amide bonds. The van der Waals surface area contributed by atoms with Gasteiger partial charge in [0.2, 0.25) is 11.1 Å². The molecule has 6 heteroatoms. The van der Waals surface area contributed by atoms with Gasteiger partial charge in [0.1, 0.15) is 11.4 Å². The summed E-state index contributed by atoms with van der Waals surface area (Å²) in [5.41, 5.74) is 4.29. The van der Waals surface area contributed by atoms with Crippen LogP contribution in [0.2, 0.25) is 0 Å². The van der Waals surface area contributed by atoms with Gasteiger partial charge in [0, 0.05) is 34.4 Å². The summed E-state index contributed by atoms with van der Waals surface area (Å²) in [6.45, 7) is 0. The first-order valence-corrected chi connectivity index (χ1v) is 12.0. The minimum atomic E-state index is -0.0407. The van der Waals surface area contributed by atoms with Crippen LogP contribution < -0.4 is 5.32 Å². The number of thioether (sulfide) groups is 1. The minimum absolute atomic E-state index is 0.0407. The van der Waals surface area contributed by atoms with Crippen LogP contribution in [0.5, 0.6) is 0 Å². The number of anilines is 1. The highest BCUT2D eigenvalue weighted by atomic mass is 32.2. The Hall–Kier alpha value is -4.03. The summed E-state index contributed by atoms with van der Waals surface area (Å²) in [5.74, 6) is 0.512. The monoisotopic (exact) mass is 462 g/mol. The Morgan fingerprint density at radius 2 is 1.35 bits per heavy atom. The zero-order valence-electron chi connectivity index (χ0n) is 18.4. The first-order chi connectivity index (χ1) is 16.8. The van der Waals surface area contributed by atoms with Gasteiger partial charge in [-0.25, -0.2) is 4.98 Å². The number of carbonyl (C=O) groups excluding carboxylic acids is 1. The third-order valence-corrected chi connectivity index (χ3v) is 6.23. The molecular formula is C28H22N4OS. The van der Waals surface area contributed by atoms with Crippen molar-refractivity contribution in [3.05, 3.63) is 103 Å². The molecule has 0 unspecified atom stereocenters. The summed E-state index contributed by atoms with van der Waals surface area (Å²) >= 11 is 1.43. The maximum Gasteiger partial charge on any atom is 0.225 e. The maximum absolute atomic E-state index is 12.6. The molecule has 5 aromatic rings. The Labute approximate surface area is 202 Å². The van der Waals surface area contributed by atoms with Crippen LogP contribution in [-0.2, 0) is 4.79 Å². The lowest BCUT2D eigenvalue weighted by Crippen LogP contribution is -2.12. The molecule has 0 spiro atoms. The topological polar surface area (TPSA) is 67.8 Å². The number of nitrogens with zero attached hydrogens (tertiary/aromatic N) is 3. The van der Waals surface area contributed by atoms with Gasteiger partial charge in [0.25, 0.3) is 0 Å². The number of benzene rings is 4. The highest BCUT2D eigenvalue weighted by molar-refractivity contribution is 7.99. The van der Waals surface area contributed by atoms with Gasteiger partial charge in [-0.3, -0.25) is 4.79 Å². The SMILES string of the molecule is O=C(CCSc1nnc(-c2ccccc2)c(-c2ccccc2)n1)Nc1cccc2ccccc12. The van der Waals surface area contributed by atoms with E-state index in [1.165, 1.54) is 11.8 Å². The van der Waals surface area contributed by atoms with Gasteiger partial charge in [-0.15, -0.1) is 10.2 Å². The number of carbonyl (C=O) groups is 1. The molecule has 0 saturated carbocycles. The summed E-state index contributed by atoms with van der Waals surface area (Å²) in [6.07, 6.45) is 0.346. The number of rotatable bonds is 7. The summed E-state index contributed by atoms with van der Waals surface area (Å²) < 4.78 is 0. The molecule has 5 nitrogen and oxygen atoms in total. The second-order valence-electron chi connectivity index (χ2n) is 7.70. The number of aromatic nitrogens is 3. The van der Waals surface area contributed by atoms with E-state index in [2.05, 4.69) is 15.5 Å². The van der Waals surface area contributed by atoms with E-state index in [1.54, 1.807) is 0 Å². The van der Waals surface area contributed by atoms with Gasteiger partial charge in [-0.2, -0.15) is 0 Å². The molecule has 0 fully saturated rings. The number of fused-ring (bicyclic) bond motifs is 1. The van der Waals surface area contributed by atoms with Crippen LogP contribution in [0.3, 0.4) is 0 Å². The van der Waals surface area contributed by atoms with Crippen molar-refractivity contribution in [1.82, 2.24) is 15.2 Å². The summed E-state index contributed by atoms with van der Waals surface area (Å²) in [6, 6.07) is 33.8. The first-order valence-electron chi connectivity index (χ1n) is 11.0. The summed E-state index contributed by atoms with van der Waals surface area (Å²) in [5, 5.41) is 14.5. The summed E-state index contributed by atoms with van der Waals surface area (Å²) in [4.78, 5) is 17.4. The van der Waals surface area contributed by atoms with Gasteiger partial charge >= 0.3 is 0 Å². The van der Waals surface area contributed by atoms with Crippen molar-refractivity contribution in [2.45, 2.75) is 11.6 Å². The molecule has 0 bridgehead atoms. The highest BCUT2D eigenvalue weighted by Gasteiger charge is 2.14. The average molecular weight is 463 g/mol. The lowest BCUT2D eigenvalue weighted by molar-refractivity contribution is -0.115. The van der Waals surface area contributed by atoms with E-state index < -0.39 is 0 Å². The fraction of sp³-hybridized carbons (Fsp3) is 0.0714. The fourth-order valence-corrected chi connectivity index (χ4v) is 4.47. The van der Waals surface area contributed by atoms with Crippen molar-refractivity contribution in [3.63, 3.8) is 0 Å². The molecule has 0 aliphatic heterocycles. The van der Waals surface area contributed by atoms with Gasteiger partial charge in [0.05, 0.1) is 0 Å². The summed E-state index contributed by atoms with van der Waals surface area (Å²) in [7, 11) is 0. The Morgan fingerprint density at radius 3 is 2.12 bits per heavy atom. The molecule has 1 aromatic heterocycles. The number of hydrogen-bond donors (Lipinski definition) is 1. The zero-order valence-corrected chi connectivity index (χ0v) is 19.2. The Balaban J connectivity index is 1.30. The van der Waals surface area contributed by atoms with Gasteiger partial charge in [0.15, 0.2) is 0 Å². The smallest absolute Gasteiger partial charge is 0.225 e. The molecular weight excluding hydrogens is 440 g/mol. The van der Waals surface area contributed by atoms with Crippen molar-refractivity contribution < 1.29 is 4.79 Å². The molecule has 34 heavy (non-hydrogen) atoms. The van der Waals surface area contributed by atoms with Crippen LogP contribution in [0.1, 0.15) is 6.42 Å². The molecule has 0 atom stereocenters. The van der Waals surface area contributed by atoms with Crippen molar-refractivity contribution in [3.8, 4) is 22.5 Å². The van der Waals surface area contributed by atoms with E-state index >= 15 is 0 Å². The molecule has 4 aromatic carbocycles. The van der Waals surface area contributed by atoms with Crippen LogP contribution in [0, 0.1) is 0 Å². The predicted octanol–water partition coefficient (Wildman–Crippen LogP) is 6.48. The number of amides is 1. The fourth-order valence-electron chi connectivity index (χ4n) is 3.74. The lowest BCUT2D eigenvalue weighted by Gasteiger charge is -2.10. The lowest BCUT2D eigenvalue weighted by atomic mass is 10.0. The van der Waals surface area contributed by atoms with E-state index in [0.717, 1.165) is 39.0 Å². The van der Waals surface area contributed by atoms with Gasteiger partial charge in [-0.1, -0.05) is 109 Å². The van der Waals surface area contributed by atoms with Crippen molar-refractivity contribution >= 4 is 34.1 Å². The number of nitrogens with one attached hydrogen (secondary N) is 1. The van der Waals surface area contributed by atoms with Crippen LogP contribution in [0.15, 0.2) is 108 Å². The van der Waals surface area contributed by atoms with E-state index in [4.69, 9.17) is 4.98 Å². The minimum Gasteiger partial charge on any atom is -0.325 e. The molecule has 166 valence electrons. The molecule has 0 saturated heterocycles. The third-order valence-electron chi connectivity index (χ3n) is 5.39. The highest BCUT2D eigenvalue weighted by Crippen LogP contribution is 2.30. The Morgan fingerprint density at radius 1 is 0.706 bits per heavy atom. The van der Waals surface area contributed by atoms with E-state index in [-0.39, 0.29) is 5.91 Å². The first kappa shape index (κ1) is 21.8. The quantitative estimate of drug-likeness (QED) is 0.280. The van der Waals surface area contributed by atoms with E-state index in [0.29, 0.717) is 17.3 Å². The second kappa shape index (κ2) is 10.3. The predicted molar refractivity (Wildman–Crippen MR) is 139 cm³/mol. The van der Waals surface area contributed by atoms with Crippen LogP contribution in [0.4, 0.5) is 5.69 Å². The largest absolute Gasteiger partial charge is 0.325 e. The normalized spacial score (nSPS) is 10.8.